The quantitative estimate of drug-likeness (QED) is 0.449. The van der Waals surface area contributed by atoms with E-state index in [1.165, 1.54) is 0 Å². The zero-order chi connectivity index (χ0) is 14.8. The van der Waals surface area contributed by atoms with Crippen LogP contribution in [0.1, 0.15) is 11.1 Å². The van der Waals surface area contributed by atoms with Gasteiger partial charge in [-0.1, -0.05) is 65.8 Å². The molecule has 0 spiro atoms. The predicted molar refractivity (Wildman–Crippen MR) is 86.0 cm³/mol. The number of nitrogens with one attached hydrogen (secondary N) is 2. The van der Waals surface area contributed by atoms with Gasteiger partial charge in [0.05, 0.1) is 0 Å². The van der Waals surface area contributed by atoms with Crippen LogP contribution >= 0.6 is 0 Å². The first kappa shape index (κ1) is 15.2. The predicted octanol–water partition coefficient (Wildman–Crippen LogP) is 2.09. The standard InChI is InChI=1S/C13H11NO.C4H10N2/c15-14-13(11-7-3-1-4-8-11)12-9-5-2-6-10-12;1-2-6-4-3-5-1/h1-10,15H;5-6H,1-4H2. The van der Waals surface area contributed by atoms with E-state index in [0.29, 0.717) is 5.71 Å². The van der Waals surface area contributed by atoms with Crippen molar-refractivity contribution in [1.82, 2.24) is 10.6 Å². The monoisotopic (exact) mass is 283 g/mol. The first-order valence-electron chi connectivity index (χ1n) is 7.16. The number of hydrogen-bond acceptors (Lipinski definition) is 4. The lowest BCUT2D eigenvalue weighted by molar-refractivity contribution is 0.319. The lowest BCUT2D eigenvalue weighted by Gasteiger charge is -2.11. The topological polar surface area (TPSA) is 56.6 Å². The van der Waals surface area contributed by atoms with Gasteiger partial charge in [-0.15, -0.1) is 0 Å². The lowest BCUT2D eigenvalue weighted by atomic mass is 10.0. The van der Waals surface area contributed by atoms with E-state index in [4.69, 9.17) is 5.21 Å². The first-order chi connectivity index (χ1) is 10.4. The van der Waals surface area contributed by atoms with Crippen molar-refractivity contribution < 1.29 is 5.21 Å². The Kier molecular flexibility index (Phi) is 6.45. The highest BCUT2D eigenvalue weighted by Gasteiger charge is 2.05. The average Bonchev–Trinajstić information content (AvgIpc) is 2.60. The molecule has 0 saturated carbocycles. The molecule has 2 aromatic carbocycles. The Hall–Kier alpha value is -2.17. The van der Waals surface area contributed by atoms with E-state index in [2.05, 4.69) is 15.8 Å². The van der Waals surface area contributed by atoms with Crippen molar-refractivity contribution in [2.75, 3.05) is 26.2 Å². The van der Waals surface area contributed by atoms with Crippen LogP contribution in [0.4, 0.5) is 0 Å². The zero-order valence-electron chi connectivity index (χ0n) is 12.0. The summed E-state index contributed by atoms with van der Waals surface area (Å²) < 4.78 is 0. The van der Waals surface area contributed by atoms with Gasteiger partial charge in [0, 0.05) is 37.3 Å². The summed E-state index contributed by atoms with van der Waals surface area (Å²) >= 11 is 0. The van der Waals surface area contributed by atoms with Crippen LogP contribution in [0.25, 0.3) is 0 Å². The van der Waals surface area contributed by atoms with Gasteiger partial charge < -0.3 is 15.8 Å². The minimum atomic E-state index is 0.594. The fraction of sp³-hybridized carbons (Fsp3) is 0.235. The molecule has 3 N–H and O–H groups in total. The van der Waals surface area contributed by atoms with E-state index in [1.54, 1.807) is 0 Å². The van der Waals surface area contributed by atoms with Gasteiger partial charge in [0.1, 0.15) is 5.71 Å². The molecule has 0 amide bonds. The van der Waals surface area contributed by atoms with Crippen LogP contribution in [0.15, 0.2) is 65.8 Å². The maximum absolute atomic E-state index is 9.02. The minimum absolute atomic E-state index is 0.594. The van der Waals surface area contributed by atoms with Crippen molar-refractivity contribution >= 4 is 5.71 Å². The van der Waals surface area contributed by atoms with Crippen LogP contribution in [0, 0.1) is 0 Å². The fourth-order valence-electron chi connectivity index (χ4n) is 2.08. The summed E-state index contributed by atoms with van der Waals surface area (Å²) in [4.78, 5) is 0. The Labute approximate surface area is 125 Å². The van der Waals surface area contributed by atoms with E-state index in [0.717, 1.165) is 37.3 Å². The van der Waals surface area contributed by atoms with Crippen LogP contribution in [-0.4, -0.2) is 37.1 Å². The van der Waals surface area contributed by atoms with Crippen molar-refractivity contribution in [1.29, 1.82) is 0 Å². The summed E-state index contributed by atoms with van der Waals surface area (Å²) in [5, 5.41) is 18.8. The molecule has 1 aliphatic rings. The molecule has 110 valence electrons. The van der Waals surface area contributed by atoms with E-state index >= 15 is 0 Å². The molecule has 4 nitrogen and oxygen atoms in total. The Bertz CT molecular complexity index is 483. The normalized spacial score (nSPS) is 13.7. The van der Waals surface area contributed by atoms with Gasteiger partial charge in [-0.05, 0) is 0 Å². The average molecular weight is 283 g/mol. The summed E-state index contributed by atoms with van der Waals surface area (Å²) in [5.74, 6) is 0. The number of benzene rings is 2. The number of nitrogens with zero attached hydrogens (tertiary/aromatic N) is 1. The third-order valence-corrected chi connectivity index (χ3v) is 3.15. The first-order valence-corrected chi connectivity index (χ1v) is 7.16. The molecular weight excluding hydrogens is 262 g/mol. The van der Waals surface area contributed by atoms with Crippen molar-refractivity contribution in [2.45, 2.75) is 0 Å². The maximum atomic E-state index is 9.02. The Morgan fingerprint density at radius 1 is 0.714 bits per heavy atom. The number of piperazine rings is 1. The molecule has 4 heteroatoms. The van der Waals surface area contributed by atoms with Gasteiger partial charge in [-0.25, -0.2) is 0 Å². The molecule has 3 rings (SSSR count). The van der Waals surface area contributed by atoms with Crippen molar-refractivity contribution in [3.8, 4) is 0 Å². The molecule has 1 heterocycles. The number of rotatable bonds is 2. The van der Waals surface area contributed by atoms with Gasteiger partial charge in [0.15, 0.2) is 0 Å². The molecule has 1 fully saturated rings. The molecule has 1 saturated heterocycles. The van der Waals surface area contributed by atoms with E-state index in [1.807, 2.05) is 60.7 Å². The van der Waals surface area contributed by atoms with Crippen LogP contribution < -0.4 is 10.6 Å². The summed E-state index contributed by atoms with van der Waals surface area (Å²) in [6.45, 7) is 4.56. The van der Waals surface area contributed by atoms with Gasteiger partial charge >= 0.3 is 0 Å². The highest BCUT2D eigenvalue weighted by Crippen LogP contribution is 2.09. The van der Waals surface area contributed by atoms with E-state index in [-0.39, 0.29) is 0 Å². The van der Waals surface area contributed by atoms with Crippen molar-refractivity contribution in [3.05, 3.63) is 71.8 Å². The Morgan fingerprint density at radius 3 is 1.38 bits per heavy atom. The zero-order valence-corrected chi connectivity index (χ0v) is 12.0. The number of hydrogen-bond donors (Lipinski definition) is 3. The van der Waals surface area contributed by atoms with E-state index < -0.39 is 0 Å². The van der Waals surface area contributed by atoms with Gasteiger partial charge in [0.25, 0.3) is 0 Å². The molecule has 0 unspecified atom stereocenters. The van der Waals surface area contributed by atoms with Crippen LogP contribution in [0.3, 0.4) is 0 Å². The Morgan fingerprint density at radius 2 is 1.10 bits per heavy atom. The SMILES string of the molecule is C1CNCCN1.ON=C(c1ccccc1)c1ccccc1. The molecule has 1 aliphatic heterocycles. The van der Waals surface area contributed by atoms with Gasteiger partial charge in [-0.3, -0.25) is 0 Å². The summed E-state index contributed by atoms with van der Waals surface area (Å²) in [6.07, 6.45) is 0. The van der Waals surface area contributed by atoms with Crippen LogP contribution in [0.2, 0.25) is 0 Å². The highest BCUT2D eigenvalue weighted by atomic mass is 16.4. The second-order valence-corrected chi connectivity index (χ2v) is 4.68. The highest BCUT2D eigenvalue weighted by molar-refractivity contribution is 6.12. The molecular formula is C17H21N3O. The van der Waals surface area contributed by atoms with Crippen LogP contribution in [-0.2, 0) is 0 Å². The third kappa shape index (κ3) is 5.02. The second-order valence-electron chi connectivity index (χ2n) is 4.68. The van der Waals surface area contributed by atoms with Crippen LogP contribution in [0.5, 0.6) is 0 Å². The molecule has 0 atom stereocenters. The van der Waals surface area contributed by atoms with Gasteiger partial charge in [-0.2, -0.15) is 0 Å². The fourth-order valence-corrected chi connectivity index (χ4v) is 2.08. The molecule has 21 heavy (non-hydrogen) atoms. The molecule has 0 aromatic heterocycles. The molecule has 2 aromatic rings. The molecule has 0 bridgehead atoms. The molecule has 0 radical (unpaired) electrons. The minimum Gasteiger partial charge on any atom is -0.410 e. The largest absolute Gasteiger partial charge is 0.410 e. The van der Waals surface area contributed by atoms with Gasteiger partial charge in [0.2, 0.25) is 0 Å². The third-order valence-electron chi connectivity index (χ3n) is 3.15. The lowest BCUT2D eigenvalue weighted by Crippen LogP contribution is -2.39. The van der Waals surface area contributed by atoms with Crippen molar-refractivity contribution in [2.24, 2.45) is 5.16 Å². The Balaban J connectivity index is 0.000000225. The summed E-state index contributed by atoms with van der Waals surface area (Å²) in [7, 11) is 0. The van der Waals surface area contributed by atoms with E-state index in [9.17, 15) is 0 Å². The van der Waals surface area contributed by atoms with Crippen molar-refractivity contribution in [3.63, 3.8) is 0 Å². The summed E-state index contributed by atoms with van der Waals surface area (Å²) in [6, 6.07) is 19.2. The summed E-state index contributed by atoms with van der Waals surface area (Å²) in [5.41, 5.74) is 2.41. The number of oxime groups is 1. The maximum Gasteiger partial charge on any atom is 0.117 e. The smallest absolute Gasteiger partial charge is 0.117 e. The molecule has 0 aliphatic carbocycles. The second kappa shape index (κ2) is 8.89.